The average molecular weight is 256 g/mol. The van der Waals surface area contributed by atoms with Crippen LogP contribution in [0, 0.1) is 11.3 Å². The number of ether oxygens (including phenoxy) is 1. The van der Waals surface area contributed by atoms with Crippen molar-refractivity contribution in [3.8, 4) is 0 Å². The number of nitrogens with zero attached hydrogens (tertiary/aromatic N) is 1. The van der Waals surface area contributed by atoms with Crippen LogP contribution in [-0.2, 0) is 4.74 Å². The van der Waals surface area contributed by atoms with Gasteiger partial charge in [-0.3, -0.25) is 0 Å². The Labute approximate surface area is 113 Å². The summed E-state index contributed by atoms with van der Waals surface area (Å²) in [4.78, 5) is 2.49. The molecule has 108 valence electrons. The fourth-order valence-corrected chi connectivity index (χ4v) is 2.64. The molecule has 3 heteroatoms. The second kappa shape index (κ2) is 6.88. The molecule has 0 amide bonds. The minimum atomic E-state index is 0.331. The summed E-state index contributed by atoms with van der Waals surface area (Å²) in [6, 6.07) is 1.15. The Morgan fingerprint density at radius 1 is 1.39 bits per heavy atom. The number of nitrogens with one attached hydrogen (secondary N) is 1. The highest BCUT2D eigenvalue weighted by molar-refractivity contribution is 4.85. The van der Waals surface area contributed by atoms with E-state index >= 15 is 0 Å². The first kappa shape index (κ1) is 15.9. The van der Waals surface area contributed by atoms with E-state index in [1.54, 1.807) is 0 Å². The maximum Gasteiger partial charge on any atom is 0.0510 e. The lowest BCUT2D eigenvalue weighted by molar-refractivity contribution is 0.112. The van der Waals surface area contributed by atoms with Crippen LogP contribution in [0.4, 0.5) is 0 Å². The van der Waals surface area contributed by atoms with Gasteiger partial charge in [0.25, 0.3) is 0 Å². The lowest BCUT2D eigenvalue weighted by Gasteiger charge is -2.38. The van der Waals surface area contributed by atoms with Crippen LogP contribution in [0.5, 0.6) is 0 Å². The SMILES string of the molecule is CCNC(CN(C)C(C)C(C)(C)C)C1CCOC1. The number of hydrogen-bond acceptors (Lipinski definition) is 3. The van der Waals surface area contributed by atoms with Gasteiger partial charge in [-0.2, -0.15) is 0 Å². The molecule has 1 fully saturated rings. The van der Waals surface area contributed by atoms with Crippen LogP contribution in [0.15, 0.2) is 0 Å². The van der Waals surface area contributed by atoms with Crippen molar-refractivity contribution in [2.45, 2.75) is 53.1 Å². The Morgan fingerprint density at radius 2 is 2.06 bits per heavy atom. The van der Waals surface area contributed by atoms with Gasteiger partial charge in [0.05, 0.1) is 6.61 Å². The molecule has 0 spiro atoms. The van der Waals surface area contributed by atoms with Crippen LogP contribution in [0.3, 0.4) is 0 Å². The van der Waals surface area contributed by atoms with Gasteiger partial charge < -0.3 is 15.0 Å². The molecule has 1 N–H and O–H groups in total. The van der Waals surface area contributed by atoms with Crippen molar-refractivity contribution in [3.05, 3.63) is 0 Å². The molecule has 3 atom stereocenters. The Balaban J connectivity index is 2.54. The summed E-state index contributed by atoms with van der Waals surface area (Å²) in [6.07, 6.45) is 1.20. The predicted molar refractivity (Wildman–Crippen MR) is 77.9 cm³/mol. The van der Waals surface area contributed by atoms with Crippen molar-refractivity contribution in [1.29, 1.82) is 0 Å². The third kappa shape index (κ3) is 4.52. The molecule has 0 saturated carbocycles. The van der Waals surface area contributed by atoms with Gasteiger partial charge in [-0.1, -0.05) is 27.7 Å². The smallest absolute Gasteiger partial charge is 0.0510 e. The van der Waals surface area contributed by atoms with Gasteiger partial charge in [-0.05, 0) is 32.4 Å². The van der Waals surface area contributed by atoms with Crippen molar-refractivity contribution >= 4 is 0 Å². The molecule has 1 aliphatic heterocycles. The minimum Gasteiger partial charge on any atom is -0.381 e. The molecule has 1 aliphatic rings. The van der Waals surface area contributed by atoms with Gasteiger partial charge in [-0.15, -0.1) is 0 Å². The summed E-state index contributed by atoms with van der Waals surface area (Å²) in [6.45, 7) is 15.5. The minimum absolute atomic E-state index is 0.331. The number of rotatable bonds is 6. The fourth-order valence-electron chi connectivity index (χ4n) is 2.64. The van der Waals surface area contributed by atoms with Crippen LogP contribution in [0.1, 0.15) is 41.0 Å². The van der Waals surface area contributed by atoms with E-state index in [9.17, 15) is 0 Å². The molecule has 3 unspecified atom stereocenters. The lowest BCUT2D eigenvalue weighted by Crippen LogP contribution is -2.49. The molecule has 1 rings (SSSR count). The van der Waals surface area contributed by atoms with Crippen LogP contribution >= 0.6 is 0 Å². The molecule has 0 aromatic heterocycles. The van der Waals surface area contributed by atoms with Gasteiger partial charge in [0, 0.05) is 31.2 Å². The Hall–Kier alpha value is -0.120. The molecule has 3 nitrogen and oxygen atoms in total. The standard InChI is InChI=1S/C15H32N2O/c1-7-16-14(13-8-9-18-11-13)10-17(6)12(2)15(3,4)5/h12-14,16H,7-11H2,1-6H3. The maximum absolute atomic E-state index is 5.54. The molecular formula is C15H32N2O. The van der Waals surface area contributed by atoms with E-state index in [1.165, 1.54) is 6.42 Å². The summed E-state index contributed by atoms with van der Waals surface area (Å²) in [5.74, 6) is 0.680. The molecule has 0 bridgehead atoms. The molecule has 0 radical (unpaired) electrons. The molecule has 18 heavy (non-hydrogen) atoms. The zero-order valence-electron chi connectivity index (χ0n) is 13.1. The first-order chi connectivity index (χ1) is 8.36. The Morgan fingerprint density at radius 3 is 2.50 bits per heavy atom. The summed E-state index contributed by atoms with van der Waals surface area (Å²) in [5.41, 5.74) is 0.331. The molecule has 1 saturated heterocycles. The zero-order valence-corrected chi connectivity index (χ0v) is 13.1. The zero-order chi connectivity index (χ0) is 13.8. The molecular weight excluding hydrogens is 224 g/mol. The van der Waals surface area contributed by atoms with E-state index in [0.717, 1.165) is 26.3 Å². The molecule has 1 heterocycles. The maximum atomic E-state index is 5.54. The number of hydrogen-bond donors (Lipinski definition) is 1. The largest absolute Gasteiger partial charge is 0.381 e. The first-order valence-electron chi connectivity index (χ1n) is 7.37. The third-order valence-electron chi connectivity index (χ3n) is 4.40. The predicted octanol–water partition coefficient (Wildman–Crippen LogP) is 2.37. The normalized spacial score (nSPS) is 24.5. The van der Waals surface area contributed by atoms with E-state index in [2.05, 4.69) is 51.9 Å². The second-order valence-electron chi connectivity index (χ2n) is 6.77. The molecule has 0 aromatic carbocycles. The van der Waals surface area contributed by atoms with E-state index in [-0.39, 0.29) is 0 Å². The van der Waals surface area contributed by atoms with E-state index < -0.39 is 0 Å². The third-order valence-corrected chi connectivity index (χ3v) is 4.40. The van der Waals surface area contributed by atoms with Gasteiger partial charge in [0.2, 0.25) is 0 Å². The van der Waals surface area contributed by atoms with E-state index in [4.69, 9.17) is 4.74 Å². The van der Waals surface area contributed by atoms with Crippen LogP contribution < -0.4 is 5.32 Å². The van der Waals surface area contributed by atoms with Crippen molar-refractivity contribution in [3.63, 3.8) is 0 Å². The van der Waals surface area contributed by atoms with Crippen LogP contribution in [0.25, 0.3) is 0 Å². The van der Waals surface area contributed by atoms with Gasteiger partial charge in [0.15, 0.2) is 0 Å². The average Bonchev–Trinajstić information content (AvgIpc) is 2.79. The fraction of sp³-hybridized carbons (Fsp3) is 1.00. The topological polar surface area (TPSA) is 24.5 Å². The van der Waals surface area contributed by atoms with Gasteiger partial charge in [-0.25, -0.2) is 0 Å². The highest BCUT2D eigenvalue weighted by atomic mass is 16.5. The highest BCUT2D eigenvalue weighted by Crippen LogP contribution is 2.24. The van der Waals surface area contributed by atoms with Crippen molar-refractivity contribution < 1.29 is 4.74 Å². The second-order valence-corrected chi connectivity index (χ2v) is 6.77. The summed E-state index contributed by atoms with van der Waals surface area (Å²) < 4.78 is 5.54. The monoisotopic (exact) mass is 256 g/mol. The molecule has 0 aliphatic carbocycles. The van der Waals surface area contributed by atoms with Crippen molar-refractivity contribution in [2.75, 3.05) is 33.4 Å². The summed E-state index contributed by atoms with van der Waals surface area (Å²) in [7, 11) is 2.25. The number of likely N-dealkylation sites (N-methyl/N-ethyl adjacent to an activating group) is 2. The van der Waals surface area contributed by atoms with Gasteiger partial charge in [0.1, 0.15) is 0 Å². The highest BCUT2D eigenvalue weighted by Gasteiger charge is 2.30. The van der Waals surface area contributed by atoms with E-state index in [1.807, 2.05) is 0 Å². The lowest BCUT2D eigenvalue weighted by atomic mass is 9.86. The van der Waals surface area contributed by atoms with Crippen LogP contribution in [-0.4, -0.2) is 50.3 Å². The Kier molecular flexibility index (Phi) is 6.09. The first-order valence-corrected chi connectivity index (χ1v) is 7.37. The van der Waals surface area contributed by atoms with E-state index in [0.29, 0.717) is 23.4 Å². The van der Waals surface area contributed by atoms with Crippen molar-refractivity contribution in [1.82, 2.24) is 10.2 Å². The summed E-state index contributed by atoms with van der Waals surface area (Å²) >= 11 is 0. The van der Waals surface area contributed by atoms with Gasteiger partial charge >= 0.3 is 0 Å². The Bertz CT molecular complexity index is 231. The van der Waals surface area contributed by atoms with Crippen LogP contribution in [0.2, 0.25) is 0 Å². The summed E-state index contributed by atoms with van der Waals surface area (Å²) in [5, 5.41) is 3.64. The molecule has 0 aromatic rings. The van der Waals surface area contributed by atoms with Crippen molar-refractivity contribution in [2.24, 2.45) is 11.3 Å². The quantitative estimate of drug-likeness (QED) is 0.789.